The maximum absolute atomic E-state index is 13.2. The van der Waals surface area contributed by atoms with Crippen molar-refractivity contribution in [1.29, 1.82) is 0 Å². The third-order valence-electron chi connectivity index (χ3n) is 3.23. The summed E-state index contributed by atoms with van der Waals surface area (Å²) in [4.78, 5) is 16.6. The summed E-state index contributed by atoms with van der Waals surface area (Å²) < 4.78 is 44.2. The predicted molar refractivity (Wildman–Crippen MR) is 91.5 cm³/mol. The van der Waals surface area contributed by atoms with Gasteiger partial charge in [-0.25, -0.2) is 9.78 Å². The van der Waals surface area contributed by atoms with Crippen LogP contribution in [0.1, 0.15) is 15.4 Å². The predicted octanol–water partition coefficient (Wildman–Crippen LogP) is 5.91. The van der Waals surface area contributed by atoms with Crippen molar-refractivity contribution in [3.05, 3.63) is 51.3 Å². The van der Waals surface area contributed by atoms with Gasteiger partial charge in [0.15, 0.2) is 0 Å². The van der Waals surface area contributed by atoms with Crippen molar-refractivity contribution in [1.82, 2.24) is 4.98 Å². The highest BCUT2D eigenvalue weighted by Crippen LogP contribution is 2.40. The summed E-state index contributed by atoms with van der Waals surface area (Å²) in [7, 11) is 1.17. The average molecular weight is 404 g/mol. The van der Waals surface area contributed by atoms with Crippen LogP contribution < -0.4 is 0 Å². The Morgan fingerprint density at radius 2 is 1.96 bits per heavy atom. The maximum atomic E-state index is 13.2. The van der Waals surface area contributed by atoms with Gasteiger partial charge in [0.25, 0.3) is 0 Å². The fourth-order valence-electron chi connectivity index (χ4n) is 2.09. The van der Waals surface area contributed by atoms with E-state index in [-0.39, 0.29) is 10.4 Å². The Labute approximate surface area is 153 Å². The molecule has 0 aliphatic rings. The van der Waals surface area contributed by atoms with Gasteiger partial charge in [0.2, 0.25) is 0 Å². The van der Waals surface area contributed by atoms with E-state index in [4.69, 9.17) is 11.6 Å². The summed E-state index contributed by atoms with van der Waals surface area (Å²) in [5, 5.41) is 2.61. The van der Waals surface area contributed by atoms with Crippen LogP contribution >= 0.6 is 34.7 Å². The molecule has 25 heavy (non-hydrogen) atoms. The first-order chi connectivity index (χ1) is 11.8. The first-order valence-corrected chi connectivity index (χ1v) is 8.88. The third-order valence-corrected chi connectivity index (χ3v) is 5.50. The van der Waals surface area contributed by atoms with Gasteiger partial charge >= 0.3 is 12.1 Å². The minimum atomic E-state index is -4.63. The molecule has 0 radical (unpaired) electrons. The van der Waals surface area contributed by atoms with Crippen LogP contribution in [0, 0.1) is 0 Å². The number of pyridine rings is 1. The topological polar surface area (TPSA) is 39.2 Å². The van der Waals surface area contributed by atoms with E-state index in [1.54, 1.807) is 29.6 Å². The van der Waals surface area contributed by atoms with Crippen molar-refractivity contribution in [3.8, 4) is 0 Å². The molecule has 0 N–H and O–H groups in total. The van der Waals surface area contributed by atoms with E-state index in [2.05, 4.69) is 9.72 Å². The standard InChI is InChI=1S/C16H9ClF3NO2S2/c1-23-15(22)14-13-10(7-24-14)11(6-12(21-13)16(18,19)20)25-9-4-2-8(17)3-5-9/h2-7H,1H3. The van der Waals surface area contributed by atoms with Crippen LogP contribution in [0.5, 0.6) is 0 Å². The molecule has 0 saturated carbocycles. The lowest BCUT2D eigenvalue weighted by molar-refractivity contribution is -0.141. The second kappa shape index (κ2) is 6.86. The summed E-state index contributed by atoms with van der Waals surface area (Å²) in [6, 6.07) is 7.70. The van der Waals surface area contributed by atoms with Crippen LogP contribution in [0.4, 0.5) is 13.2 Å². The first kappa shape index (κ1) is 18.0. The number of halogens is 4. The van der Waals surface area contributed by atoms with Gasteiger partial charge in [-0.3, -0.25) is 0 Å². The fourth-order valence-corrected chi connectivity index (χ4v) is 4.17. The number of hydrogen-bond acceptors (Lipinski definition) is 5. The second-order valence-electron chi connectivity index (χ2n) is 4.88. The SMILES string of the molecule is COC(=O)c1scc2c(Sc3ccc(Cl)cc3)cc(C(F)(F)F)nc12. The number of esters is 1. The molecular formula is C16H9ClF3NO2S2. The number of ether oxygens (including phenoxy) is 1. The van der Waals surface area contributed by atoms with E-state index in [0.29, 0.717) is 15.3 Å². The van der Waals surface area contributed by atoms with Crippen molar-refractivity contribution >= 4 is 51.6 Å². The number of thiophene rings is 1. The highest BCUT2D eigenvalue weighted by Gasteiger charge is 2.34. The average Bonchev–Trinajstić information content (AvgIpc) is 2.99. The molecule has 3 nitrogen and oxygen atoms in total. The Hall–Kier alpha value is -1.77. The molecule has 9 heteroatoms. The summed E-state index contributed by atoms with van der Waals surface area (Å²) >= 11 is 7.98. The minimum absolute atomic E-state index is 0.0110. The number of hydrogen-bond donors (Lipinski definition) is 0. The highest BCUT2D eigenvalue weighted by molar-refractivity contribution is 7.99. The summed E-state index contributed by atoms with van der Waals surface area (Å²) in [6.07, 6.45) is -4.63. The minimum Gasteiger partial charge on any atom is -0.465 e. The summed E-state index contributed by atoms with van der Waals surface area (Å²) in [5.74, 6) is -0.714. The van der Waals surface area contributed by atoms with Gasteiger partial charge in [-0.15, -0.1) is 11.3 Å². The number of benzene rings is 1. The van der Waals surface area contributed by atoms with Crippen LogP contribution in [0.2, 0.25) is 5.02 Å². The molecule has 3 aromatic rings. The lowest BCUT2D eigenvalue weighted by Crippen LogP contribution is -2.09. The van der Waals surface area contributed by atoms with Crippen LogP contribution in [0.25, 0.3) is 10.9 Å². The molecule has 0 bridgehead atoms. The molecular weight excluding hydrogens is 395 g/mol. The van der Waals surface area contributed by atoms with Crippen molar-refractivity contribution in [2.24, 2.45) is 0 Å². The normalized spacial score (nSPS) is 11.7. The van der Waals surface area contributed by atoms with E-state index in [1.165, 1.54) is 7.11 Å². The molecule has 3 rings (SSSR count). The Bertz CT molecular complexity index is 939. The molecule has 2 heterocycles. The van der Waals surface area contributed by atoms with Crippen molar-refractivity contribution < 1.29 is 22.7 Å². The quantitative estimate of drug-likeness (QED) is 0.510. The van der Waals surface area contributed by atoms with Crippen molar-refractivity contribution in [3.63, 3.8) is 0 Å². The third kappa shape index (κ3) is 3.75. The Morgan fingerprint density at radius 1 is 1.28 bits per heavy atom. The number of alkyl halides is 3. The Morgan fingerprint density at radius 3 is 2.56 bits per heavy atom. The van der Waals surface area contributed by atoms with Gasteiger partial charge in [0, 0.05) is 25.6 Å². The molecule has 0 amide bonds. The van der Waals surface area contributed by atoms with Crippen molar-refractivity contribution in [2.45, 2.75) is 16.0 Å². The smallest absolute Gasteiger partial charge is 0.433 e. The number of rotatable bonds is 3. The lowest BCUT2D eigenvalue weighted by Gasteiger charge is -2.10. The highest BCUT2D eigenvalue weighted by atomic mass is 35.5. The fraction of sp³-hybridized carbons (Fsp3) is 0.125. The summed E-state index contributed by atoms with van der Waals surface area (Å²) in [5.41, 5.74) is -1.07. The molecule has 0 saturated heterocycles. The molecule has 2 aromatic heterocycles. The first-order valence-electron chi connectivity index (χ1n) is 6.81. The van der Waals surface area contributed by atoms with E-state index >= 15 is 0 Å². The van der Waals surface area contributed by atoms with Crippen LogP contribution in [-0.4, -0.2) is 18.1 Å². The van der Waals surface area contributed by atoms with E-state index in [0.717, 1.165) is 34.1 Å². The largest absolute Gasteiger partial charge is 0.465 e. The number of nitrogens with zero attached hydrogens (tertiary/aromatic N) is 1. The van der Waals surface area contributed by atoms with Crippen LogP contribution in [0.3, 0.4) is 0 Å². The summed E-state index contributed by atoms with van der Waals surface area (Å²) in [6.45, 7) is 0. The lowest BCUT2D eigenvalue weighted by atomic mass is 10.2. The molecule has 0 spiro atoms. The van der Waals surface area contributed by atoms with Crippen LogP contribution in [-0.2, 0) is 10.9 Å². The molecule has 0 unspecified atom stereocenters. The zero-order chi connectivity index (χ0) is 18.2. The van der Waals surface area contributed by atoms with Gasteiger partial charge in [0.1, 0.15) is 10.6 Å². The van der Waals surface area contributed by atoms with E-state index in [9.17, 15) is 18.0 Å². The molecule has 0 fully saturated rings. The number of methoxy groups -OCH3 is 1. The monoisotopic (exact) mass is 403 g/mol. The van der Waals surface area contributed by atoms with Gasteiger partial charge in [-0.05, 0) is 30.3 Å². The maximum Gasteiger partial charge on any atom is 0.433 e. The molecule has 0 aliphatic heterocycles. The number of carbonyl (C=O) groups excluding carboxylic acids is 1. The zero-order valence-corrected chi connectivity index (χ0v) is 14.9. The molecule has 0 atom stereocenters. The second-order valence-corrected chi connectivity index (χ2v) is 7.31. The van der Waals surface area contributed by atoms with Crippen molar-refractivity contribution in [2.75, 3.05) is 7.11 Å². The number of fused-ring (bicyclic) bond motifs is 1. The Kier molecular flexibility index (Phi) is 4.95. The number of aromatic nitrogens is 1. The molecule has 130 valence electrons. The van der Waals surface area contributed by atoms with Crippen LogP contribution in [0.15, 0.2) is 45.5 Å². The van der Waals surface area contributed by atoms with Gasteiger partial charge in [0.05, 0.1) is 12.6 Å². The zero-order valence-electron chi connectivity index (χ0n) is 12.6. The Balaban J connectivity index is 2.17. The van der Waals surface area contributed by atoms with Gasteiger partial charge < -0.3 is 4.74 Å². The van der Waals surface area contributed by atoms with E-state index in [1.807, 2.05) is 0 Å². The van der Waals surface area contributed by atoms with E-state index < -0.39 is 17.8 Å². The van der Waals surface area contributed by atoms with Gasteiger partial charge in [-0.1, -0.05) is 23.4 Å². The number of carbonyl (C=O) groups is 1. The molecule has 1 aromatic carbocycles. The molecule has 0 aliphatic carbocycles. The van der Waals surface area contributed by atoms with Gasteiger partial charge in [-0.2, -0.15) is 13.2 Å².